The molecule has 5 rings (SSSR count). The first kappa shape index (κ1) is 15.0. The Morgan fingerprint density at radius 3 is 2.54 bits per heavy atom. The summed E-state index contributed by atoms with van der Waals surface area (Å²) >= 11 is 1.40. The summed E-state index contributed by atoms with van der Waals surface area (Å²) in [6.45, 7) is 0. The number of fused-ring (bicyclic) bond motifs is 3. The predicted octanol–water partition coefficient (Wildman–Crippen LogP) is 5.94. The van der Waals surface area contributed by atoms with Gasteiger partial charge in [-0.3, -0.25) is 4.79 Å². The Kier molecular flexibility index (Phi) is 3.43. The van der Waals surface area contributed by atoms with Gasteiger partial charge in [0.1, 0.15) is 5.52 Å². The zero-order valence-electron chi connectivity index (χ0n) is 13.7. The number of carbonyl (C=O) groups is 1. The molecule has 0 saturated carbocycles. The fourth-order valence-electron chi connectivity index (χ4n) is 3.07. The van der Waals surface area contributed by atoms with E-state index >= 15 is 0 Å². The van der Waals surface area contributed by atoms with Crippen LogP contribution in [0.3, 0.4) is 0 Å². The third-order valence-corrected chi connectivity index (χ3v) is 5.43. The van der Waals surface area contributed by atoms with Crippen molar-refractivity contribution in [3.8, 4) is 10.8 Å². The summed E-state index contributed by atoms with van der Waals surface area (Å²) in [6.07, 6.45) is 0. The quantitative estimate of drug-likeness (QED) is 0.376. The van der Waals surface area contributed by atoms with Crippen LogP contribution in [0.2, 0.25) is 0 Å². The van der Waals surface area contributed by atoms with Crippen molar-refractivity contribution in [3.05, 3.63) is 89.3 Å². The molecule has 0 N–H and O–H groups in total. The molecule has 4 heteroatoms. The Balaban J connectivity index is 1.58. The van der Waals surface area contributed by atoms with E-state index in [0.717, 1.165) is 26.7 Å². The summed E-state index contributed by atoms with van der Waals surface area (Å²) < 4.78 is 6.05. The van der Waals surface area contributed by atoms with Crippen molar-refractivity contribution in [1.29, 1.82) is 0 Å². The number of benzene rings is 3. The predicted molar refractivity (Wildman–Crippen MR) is 105 cm³/mol. The minimum Gasteiger partial charge on any atom is -0.435 e. The fourth-order valence-corrected chi connectivity index (χ4v) is 3.96. The SMILES string of the molecule is O=C(c1ccccc1)c1ccc(-c2nc3ccc4ccccc4c3o2)s1. The molecule has 0 amide bonds. The van der Waals surface area contributed by atoms with E-state index in [1.54, 1.807) is 0 Å². The van der Waals surface area contributed by atoms with Crippen LogP contribution in [0.15, 0.2) is 83.3 Å². The highest BCUT2D eigenvalue weighted by molar-refractivity contribution is 7.17. The van der Waals surface area contributed by atoms with Crippen molar-refractivity contribution < 1.29 is 9.21 Å². The highest BCUT2D eigenvalue weighted by Gasteiger charge is 2.16. The number of oxazole rings is 1. The van der Waals surface area contributed by atoms with Crippen LogP contribution < -0.4 is 0 Å². The van der Waals surface area contributed by atoms with E-state index in [2.05, 4.69) is 11.1 Å². The summed E-state index contributed by atoms with van der Waals surface area (Å²) in [4.78, 5) is 18.7. The van der Waals surface area contributed by atoms with Gasteiger partial charge in [0.25, 0.3) is 0 Å². The molecule has 0 aliphatic rings. The Labute approximate surface area is 153 Å². The molecule has 0 bridgehead atoms. The van der Waals surface area contributed by atoms with Crippen LogP contribution in [-0.2, 0) is 0 Å². The summed E-state index contributed by atoms with van der Waals surface area (Å²) in [7, 11) is 0. The van der Waals surface area contributed by atoms with Gasteiger partial charge in [-0.2, -0.15) is 0 Å². The first-order valence-electron chi connectivity index (χ1n) is 8.28. The smallest absolute Gasteiger partial charge is 0.237 e. The van der Waals surface area contributed by atoms with Gasteiger partial charge in [-0.05, 0) is 23.6 Å². The molecule has 2 aromatic heterocycles. The first-order chi connectivity index (χ1) is 12.8. The number of thiophene rings is 1. The monoisotopic (exact) mass is 355 g/mol. The maximum Gasteiger partial charge on any atom is 0.237 e. The lowest BCUT2D eigenvalue weighted by Crippen LogP contribution is -1.97. The second kappa shape index (κ2) is 5.93. The third-order valence-electron chi connectivity index (χ3n) is 4.36. The van der Waals surface area contributed by atoms with E-state index in [0.29, 0.717) is 16.3 Å². The first-order valence-corrected chi connectivity index (χ1v) is 9.09. The van der Waals surface area contributed by atoms with Gasteiger partial charge in [0.15, 0.2) is 5.58 Å². The summed E-state index contributed by atoms with van der Waals surface area (Å²) in [5.74, 6) is 0.567. The van der Waals surface area contributed by atoms with E-state index < -0.39 is 0 Å². The van der Waals surface area contributed by atoms with Crippen LogP contribution in [0.5, 0.6) is 0 Å². The Bertz CT molecular complexity index is 1250. The Morgan fingerprint density at radius 1 is 0.846 bits per heavy atom. The standard InChI is InChI=1S/C22H13NO2S/c24-20(15-7-2-1-3-8-15)18-12-13-19(26-18)22-23-17-11-10-14-6-4-5-9-16(14)21(17)25-22/h1-13H. The van der Waals surface area contributed by atoms with Crippen molar-refractivity contribution >= 4 is 39.0 Å². The van der Waals surface area contributed by atoms with Crippen LogP contribution in [0, 0.1) is 0 Å². The maximum atomic E-state index is 12.6. The zero-order valence-corrected chi connectivity index (χ0v) is 14.5. The molecule has 0 spiro atoms. The number of nitrogens with zero attached hydrogens (tertiary/aromatic N) is 1. The number of aromatic nitrogens is 1. The van der Waals surface area contributed by atoms with Crippen molar-refractivity contribution in [2.75, 3.05) is 0 Å². The average Bonchev–Trinajstić information content (AvgIpc) is 3.35. The van der Waals surface area contributed by atoms with Crippen LogP contribution in [0.1, 0.15) is 15.2 Å². The summed E-state index contributed by atoms with van der Waals surface area (Å²) in [6, 6.07) is 25.1. The van der Waals surface area contributed by atoms with E-state index in [1.165, 1.54) is 11.3 Å². The van der Waals surface area contributed by atoms with Crippen LogP contribution in [0.25, 0.3) is 32.6 Å². The highest BCUT2D eigenvalue weighted by atomic mass is 32.1. The molecule has 3 aromatic carbocycles. The summed E-state index contributed by atoms with van der Waals surface area (Å²) in [5.41, 5.74) is 2.29. The molecular weight excluding hydrogens is 342 g/mol. The lowest BCUT2D eigenvalue weighted by Gasteiger charge is -1.96. The molecular formula is C22H13NO2S. The normalized spacial score (nSPS) is 11.2. The van der Waals surface area contributed by atoms with Gasteiger partial charge < -0.3 is 4.42 Å². The zero-order chi connectivity index (χ0) is 17.5. The molecule has 0 aliphatic carbocycles. The van der Waals surface area contributed by atoms with Gasteiger partial charge in [0, 0.05) is 10.9 Å². The van der Waals surface area contributed by atoms with Gasteiger partial charge >= 0.3 is 0 Å². The lowest BCUT2D eigenvalue weighted by atomic mass is 10.1. The van der Waals surface area contributed by atoms with Gasteiger partial charge in [-0.15, -0.1) is 11.3 Å². The molecule has 26 heavy (non-hydrogen) atoms. The number of hydrogen-bond donors (Lipinski definition) is 0. The van der Waals surface area contributed by atoms with Crippen molar-refractivity contribution in [3.63, 3.8) is 0 Å². The lowest BCUT2D eigenvalue weighted by molar-refractivity contribution is 0.104. The molecule has 0 atom stereocenters. The Hall–Kier alpha value is -3.24. The van der Waals surface area contributed by atoms with Gasteiger partial charge in [0.2, 0.25) is 11.7 Å². The van der Waals surface area contributed by atoms with E-state index in [1.807, 2.05) is 72.8 Å². The minimum atomic E-state index is 0.0170. The molecule has 3 nitrogen and oxygen atoms in total. The molecule has 124 valence electrons. The van der Waals surface area contributed by atoms with Gasteiger partial charge in [-0.1, -0.05) is 60.7 Å². The number of ketones is 1. The third kappa shape index (κ3) is 2.43. The Morgan fingerprint density at radius 2 is 1.65 bits per heavy atom. The van der Waals surface area contributed by atoms with Crippen LogP contribution >= 0.6 is 11.3 Å². The largest absolute Gasteiger partial charge is 0.435 e. The molecule has 0 aliphatic heterocycles. The van der Waals surface area contributed by atoms with E-state index in [9.17, 15) is 4.79 Å². The average molecular weight is 355 g/mol. The second-order valence-electron chi connectivity index (χ2n) is 6.01. The fraction of sp³-hybridized carbons (Fsp3) is 0. The van der Waals surface area contributed by atoms with Gasteiger partial charge in [-0.25, -0.2) is 4.98 Å². The topological polar surface area (TPSA) is 43.1 Å². The minimum absolute atomic E-state index is 0.0170. The molecule has 0 radical (unpaired) electrons. The van der Waals surface area contributed by atoms with Crippen molar-refractivity contribution in [1.82, 2.24) is 4.98 Å². The molecule has 2 heterocycles. The van der Waals surface area contributed by atoms with E-state index in [-0.39, 0.29) is 5.78 Å². The molecule has 0 unspecified atom stereocenters. The van der Waals surface area contributed by atoms with Crippen LogP contribution in [0.4, 0.5) is 0 Å². The molecule has 5 aromatic rings. The molecule has 0 fully saturated rings. The maximum absolute atomic E-state index is 12.6. The van der Waals surface area contributed by atoms with Crippen LogP contribution in [-0.4, -0.2) is 10.8 Å². The van der Waals surface area contributed by atoms with Crippen molar-refractivity contribution in [2.24, 2.45) is 0 Å². The highest BCUT2D eigenvalue weighted by Crippen LogP contribution is 2.33. The summed E-state index contributed by atoms with van der Waals surface area (Å²) in [5, 5.41) is 2.16. The second-order valence-corrected chi connectivity index (χ2v) is 7.10. The number of hydrogen-bond acceptors (Lipinski definition) is 4. The van der Waals surface area contributed by atoms with E-state index in [4.69, 9.17) is 4.42 Å². The molecule has 0 saturated heterocycles. The number of carbonyl (C=O) groups excluding carboxylic acids is 1. The number of rotatable bonds is 3. The van der Waals surface area contributed by atoms with Crippen molar-refractivity contribution in [2.45, 2.75) is 0 Å². The van der Waals surface area contributed by atoms with Gasteiger partial charge in [0.05, 0.1) is 9.75 Å².